The first-order valence-corrected chi connectivity index (χ1v) is 13.3. The molecule has 0 aromatic heterocycles. The number of hydrogen-bond donors (Lipinski definition) is 2. The van der Waals surface area contributed by atoms with Crippen molar-refractivity contribution < 1.29 is 10.2 Å². The number of halogens is 1. The third-order valence-corrected chi connectivity index (χ3v) is 11.0. The molecule has 31 heavy (non-hydrogen) atoms. The van der Waals surface area contributed by atoms with Gasteiger partial charge in [0.1, 0.15) is 5.75 Å². The van der Waals surface area contributed by atoms with E-state index in [0.717, 1.165) is 41.5 Å². The number of aliphatic imine (C=N–C) groups is 1. The molecule has 0 bridgehead atoms. The van der Waals surface area contributed by atoms with Crippen molar-refractivity contribution in [2.75, 3.05) is 6.54 Å². The van der Waals surface area contributed by atoms with Gasteiger partial charge in [-0.05, 0) is 98.7 Å². The van der Waals surface area contributed by atoms with Crippen molar-refractivity contribution in [3.8, 4) is 5.75 Å². The van der Waals surface area contributed by atoms with Gasteiger partial charge in [-0.3, -0.25) is 4.99 Å². The van der Waals surface area contributed by atoms with E-state index in [0.29, 0.717) is 23.4 Å². The zero-order chi connectivity index (χ0) is 21.9. The molecule has 3 nitrogen and oxygen atoms in total. The lowest BCUT2D eigenvalue weighted by atomic mass is 9.44. The highest BCUT2D eigenvalue weighted by atomic mass is 79.9. The predicted molar refractivity (Wildman–Crippen MR) is 130 cm³/mol. The maximum Gasteiger partial charge on any atom is 0.124 e. The second-order valence-corrected chi connectivity index (χ2v) is 12.5. The normalized spacial score (nSPS) is 44.6. The maximum atomic E-state index is 11.8. The van der Waals surface area contributed by atoms with E-state index in [-0.39, 0.29) is 11.2 Å². The quantitative estimate of drug-likeness (QED) is 0.463. The van der Waals surface area contributed by atoms with Crippen LogP contribution in [0.4, 0.5) is 0 Å². The highest BCUT2D eigenvalue weighted by Crippen LogP contribution is 2.68. The van der Waals surface area contributed by atoms with Gasteiger partial charge in [0.25, 0.3) is 0 Å². The first-order chi connectivity index (χ1) is 14.8. The topological polar surface area (TPSA) is 52.8 Å². The van der Waals surface area contributed by atoms with Crippen LogP contribution < -0.4 is 0 Å². The predicted octanol–water partition coefficient (Wildman–Crippen LogP) is 6.74. The lowest BCUT2D eigenvalue weighted by molar-refractivity contribution is -0.147. The van der Waals surface area contributed by atoms with Crippen molar-refractivity contribution in [2.45, 2.75) is 83.7 Å². The summed E-state index contributed by atoms with van der Waals surface area (Å²) < 4.78 is 0.920. The fourth-order valence-electron chi connectivity index (χ4n) is 8.59. The van der Waals surface area contributed by atoms with Crippen LogP contribution in [0.2, 0.25) is 0 Å². The van der Waals surface area contributed by atoms with Gasteiger partial charge in [0, 0.05) is 21.7 Å². The number of hydrogen-bond acceptors (Lipinski definition) is 3. The molecule has 0 saturated heterocycles. The second-order valence-electron chi connectivity index (χ2n) is 11.6. The van der Waals surface area contributed by atoms with Crippen molar-refractivity contribution in [3.63, 3.8) is 0 Å². The minimum Gasteiger partial charge on any atom is -0.507 e. The maximum absolute atomic E-state index is 11.8. The molecule has 4 aliphatic carbocycles. The number of phenols is 1. The molecule has 0 radical (unpaired) electrons. The standard InChI is InChI=1S/C27H38BrNO2/c1-25-12-4-3-5-19(25)6-8-21-22(25)10-13-26(2)23(21)11-14-27(26,31)17-29-16-18-15-20(28)7-9-24(18)30/h7,9,15-16,19,21-23,30-31H,3-6,8,10-14,17H2,1-2H3/t19-,21+,22-,23-,25-,26-,27-/m0/s1. The van der Waals surface area contributed by atoms with E-state index in [2.05, 4.69) is 34.8 Å². The number of fused-ring (bicyclic) bond motifs is 5. The summed E-state index contributed by atoms with van der Waals surface area (Å²) in [6.45, 7) is 5.41. The summed E-state index contributed by atoms with van der Waals surface area (Å²) in [5.41, 5.74) is 0.470. The summed E-state index contributed by atoms with van der Waals surface area (Å²) in [5, 5.41) is 22.0. The number of phenolic OH excluding ortho intramolecular Hbond substituents is 1. The van der Waals surface area contributed by atoms with Crippen molar-refractivity contribution >= 4 is 22.1 Å². The summed E-state index contributed by atoms with van der Waals surface area (Å²) >= 11 is 3.46. The van der Waals surface area contributed by atoms with E-state index in [1.54, 1.807) is 12.3 Å². The molecule has 0 amide bonds. The first kappa shape index (κ1) is 21.9. The van der Waals surface area contributed by atoms with Crippen LogP contribution in [0.15, 0.2) is 27.7 Å². The van der Waals surface area contributed by atoms with Crippen LogP contribution in [-0.2, 0) is 0 Å². The second kappa shape index (κ2) is 7.87. The number of nitrogens with zero attached hydrogens (tertiary/aromatic N) is 1. The smallest absolute Gasteiger partial charge is 0.124 e. The molecule has 170 valence electrons. The molecule has 0 unspecified atom stereocenters. The van der Waals surface area contributed by atoms with Crippen molar-refractivity contribution in [1.29, 1.82) is 0 Å². The third-order valence-electron chi connectivity index (χ3n) is 10.5. The van der Waals surface area contributed by atoms with Crippen LogP contribution >= 0.6 is 15.9 Å². The molecule has 4 aliphatic rings. The van der Waals surface area contributed by atoms with Gasteiger partial charge in [0.15, 0.2) is 0 Å². The Morgan fingerprint density at radius 3 is 2.68 bits per heavy atom. The SMILES string of the molecule is C[C@]12CCCC[C@H]1CC[C@@H]1[C@@H]2CC[C@@]2(C)[C@H]1CC[C@]2(O)CN=Cc1cc(Br)ccc1O. The summed E-state index contributed by atoms with van der Waals surface area (Å²) in [6, 6.07) is 5.37. The Morgan fingerprint density at radius 2 is 1.84 bits per heavy atom. The van der Waals surface area contributed by atoms with Crippen LogP contribution in [0.25, 0.3) is 0 Å². The van der Waals surface area contributed by atoms with E-state index >= 15 is 0 Å². The van der Waals surface area contributed by atoms with Crippen LogP contribution in [0.3, 0.4) is 0 Å². The molecule has 5 rings (SSSR count). The Morgan fingerprint density at radius 1 is 1.03 bits per heavy atom. The summed E-state index contributed by atoms with van der Waals surface area (Å²) in [7, 11) is 0. The molecule has 4 heteroatoms. The van der Waals surface area contributed by atoms with Gasteiger partial charge in [0.2, 0.25) is 0 Å². The molecule has 0 aliphatic heterocycles. The van der Waals surface area contributed by atoms with Gasteiger partial charge in [-0.1, -0.05) is 42.6 Å². The highest BCUT2D eigenvalue weighted by molar-refractivity contribution is 9.10. The molecule has 1 aromatic carbocycles. The largest absolute Gasteiger partial charge is 0.507 e. The van der Waals surface area contributed by atoms with Gasteiger partial charge in [-0.25, -0.2) is 0 Å². The Balaban J connectivity index is 1.35. The fraction of sp³-hybridized carbons (Fsp3) is 0.741. The number of rotatable bonds is 3. The van der Waals surface area contributed by atoms with Gasteiger partial charge < -0.3 is 10.2 Å². The summed E-state index contributed by atoms with van der Waals surface area (Å²) in [6.07, 6.45) is 14.7. The Kier molecular flexibility index (Phi) is 5.57. The fourth-order valence-corrected chi connectivity index (χ4v) is 8.97. The van der Waals surface area contributed by atoms with Gasteiger partial charge >= 0.3 is 0 Å². The van der Waals surface area contributed by atoms with E-state index in [9.17, 15) is 10.2 Å². The van der Waals surface area contributed by atoms with Gasteiger partial charge in [0.05, 0.1) is 12.1 Å². The molecule has 0 spiro atoms. The molecular formula is C27H38BrNO2. The van der Waals surface area contributed by atoms with Gasteiger partial charge in [-0.15, -0.1) is 0 Å². The first-order valence-electron chi connectivity index (χ1n) is 12.5. The summed E-state index contributed by atoms with van der Waals surface area (Å²) in [4.78, 5) is 4.66. The van der Waals surface area contributed by atoms with Crippen molar-refractivity contribution in [1.82, 2.24) is 0 Å². The van der Waals surface area contributed by atoms with Crippen LogP contribution in [0.1, 0.15) is 83.6 Å². The monoisotopic (exact) mass is 487 g/mol. The molecule has 7 atom stereocenters. The van der Waals surface area contributed by atoms with Crippen LogP contribution in [0.5, 0.6) is 5.75 Å². The molecular weight excluding hydrogens is 450 g/mol. The molecule has 4 fully saturated rings. The van der Waals surface area contributed by atoms with E-state index in [1.165, 1.54) is 44.9 Å². The zero-order valence-electron chi connectivity index (χ0n) is 19.1. The lowest BCUT2D eigenvalue weighted by Gasteiger charge is -2.61. The molecule has 2 N–H and O–H groups in total. The van der Waals surface area contributed by atoms with E-state index in [4.69, 9.17) is 0 Å². The summed E-state index contributed by atoms with van der Waals surface area (Å²) in [5.74, 6) is 3.44. The van der Waals surface area contributed by atoms with Gasteiger partial charge in [-0.2, -0.15) is 0 Å². The molecule has 0 heterocycles. The molecule has 4 saturated carbocycles. The van der Waals surface area contributed by atoms with Crippen LogP contribution in [-0.4, -0.2) is 28.6 Å². The average molecular weight is 489 g/mol. The third kappa shape index (κ3) is 3.42. The zero-order valence-corrected chi connectivity index (χ0v) is 20.7. The average Bonchev–Trinajstić information content (AvgIpc) is 3.01. The minimum absolute atomic E-state index is 0.0390. The molecule has 1 aromatic rings. The number of aromatic hydroxyl groups is 1. The Labute approximate surface area is 195 Å². The van der Waals surface area contributed by atoms with Crippen molar-refractivity contribution in [2.24, 2.45) is 39.5 Å². The van der Waals surface area contributed by atoms with Crippen molar-refractivity contribution in [3.05, 3.63) is 28.2 Å². The number of aliphatic hydroxyl groups is 1. The lowest BCUT2D eigenvalue weighted by Crippen LogP contribution is -2.56. The van der Waals surface area contributed by atoms with E-state index < -0.39 is 5.60 Å². The Hall–Kier alpha value is -0.870. The van der Waals surface area contributed by atoms with E-state index in [1.807, 2.05) is 12.1 Å². The minimum atomic E-state index is -0.731. The van der Waals surface area contributed by atoms with Crippen LogP contribution in [0, 0.1) is 34.5 Å². The highest BCUT2D eigenvalue weighted by Gasteiger charge is 2.64. The Bertz CT molecular complexity index is 871. The number of benzene rings is 1.